The summed E-state index contributed by atoms with van der Waals surface area (Å²) in [6.45, 7) is 7.52. The minimum Gasteiger partial charge on any atom is -0.493 e. The first kappa shape index (κ1) is 28.1. The van der Waals surface area contributed by atoms with E-state index in [1.165, 1.54) is 6.07 Å². The van der Waals surface area contributed by atoms with Crippen molar-refractivity contribution >= 4 is 17.3 Å². The number of likely N-dealkylation sites (N-methyl/N-ethyl adjacent to an activating group) is 1. The molecule has 1 saturated heterocycles. The summed E-state index contributed by atoms with van der Waals surface area (Å²) in [5.41, 5.74) is 0.842. The molecule has 2 unspecified atom stereocenters. The zero-order valence-corrected chi connectivity index (χ0v) is 21.6. The number of benzene rings is 2. The van der Waals surface area contributed by atoms with Gasteiger partial charge in [0.25, 0.3) is 0 Å². The van der Waals surface area contributed by atoms with Crippen LogP contribution >= 0.6 is 11.6 Å². The van der Waals surface area contributed by atoms with Crippen LogP contribution in [0.4, 0.5) is 18.9 Å². The molecule has 0 amide bonds. The van der Waals surface area contributed by atoms with E-state index in [-0.39, 0.29) is 11.1 Å². The van der Waals surface area contributed by atoms with Crippen LogP contribution in [0.1, 0.15) is 57.2 Å². The van der Waals surface area contributed by atoms with Crippen LogP contribution < -0.4 is 14.4 Å². The van der Waals surface area contributed by atoms with Gasteiger partial charge in [-0.05, 0) is 55.7 Å². The third kappa shape index (κ3) is 6.72. The highest BCUT2D eigenvalue weighted by atomic mass is 35.5. The van der Waals surface area contributed by atoms with Crippen LogP contribution in [-0.2, 0) is 6.18 Å². The smallest absolute Gasteiger partial charge is 0.417 e. The molecule has 0 saturated carbocycles. The SMILES string of the molecule is CC.COc1ccc(C2CCCC(C)N2CCN(C)c2ccc(Cl)c(C(F)(F)F)c2)cc1OC. The number of likely N-dealkylation sites (tertiary alicyclic amines) is 1. The van der Waals surface area contributed by atoms with Crippen molar-refractivity contribution in [2.45, 2.75) is 58.3 Å². The minimum atomic E-state index is -4.48. The van der Waals surface area contributed by atoms with Gasteiger partial charge in [-0.3, -0.25) is 4.90 Å². The maximum atomic E-state index is 13.2. The Morgan fingerprint density at radius 1 is 1.03 bits per heavy atom. The molecule has 2 aromatic rings. The van der Waals surface area contributed by atoms with Crippen molar-refractivity contribution in [2.75, 3.05) is 39.3 Å². The quantitative estimate of drug-likeness (QED) is 0.394. The fourth-order valence-corrected chi connectivity index (χ4v) is 4.63. The first-order valence-corrected chi connectivity index (χ1v) is 12.1. The van der Waals surface area contributed by atoms with E-state index in [2.05, 4.69) is 17.9 Å². The zero-order chi connectivity index (χ0) is 25.5. The van der Waals surface area contributed by atoms with Gasteiger partial charge in [0, 0.05) is 37.9 Å². The van der Waals surface area contributed by atoms with Crippen molar-refractivity contribution in [2.24, 2.45) is 0 Å². The number of rotatable bonds is 7. The number of methoxy groups -OCH3 is 2. The molecule has 1 aliphatic heterocycles. The van der Waals surface area contributed by atoms with Crippen molar-refractivity contribution < 1.29 is 22.6 Å². The summed E-state index contributed by atoms with van der Waals surface area (Å²) in [5, 5.41) is -0.284. The second-order valence-corrected chi connectivity index (χ2v) is 8.64. The Labute approximate surface area is 206 Å². The lowest BCUT2D eigenvalue weighted by Crippen LogP contribution is -2.44. The van der Waals surface area contributed by atoms with Gasteiger partial charge in [-0.25, -0.2) is 0 Å². The molecule has 3 rings (SSSR count). The molecule has 0 spiro atoms. The summed E-state index contributed by atoms with van der Waals surface area (Å²) in [7, 11) is 5.05. The van der Waals surface area contributed by atoms with E-state index < -0.39 is 11.7 Å². The van der Waals surface area contributed by atoms with E-state index >= 15 is 0 Å². The Bertz CT molecular complexity index is 923. The van der Waals surface area contributed by atoms with Gasteiger partial charge in [0.2, 0.25) is 0 Å². The minimum absolute atomic E-state index is 0.211. The van der Waals surface area contributed by atoms with Crippen LogP contribution in [0.15, 0.2) is 36.4 Å². The van der Waals surface area contributed by atoms with Gasteiger partial charge in [0.05, 0.1) is 24.8 Å². The second-order valence-electron chi connectivity index (χ2n) is 8.23. The zero-order valence-electron chi connectivity index (χ0n) is 20.9. The maximum absolute atomic E-state index is 13.2. The highest BCUT2D eigenvalue weighted by Gasteiger charge is 2.34. The van der Waals surface area contributed by atoms with Crippen LogP contribution in [-0.4, -0.2) is 45.3 Å². The summed E-state index contributed by atoms with van der Waals surface area (Å²) >= 11 is 5.77. The van der Waals surface area contributed by atoms with Crippen molar-refractivity contribution in [3.8, 4) is 11.5 Å². The Morgan fingerprint density at radius 2 is 1.71 bits per heavy atom. The standard InChI is InChI=1S/C24H30ClF3N2O2.C2H6/c1-16-6-5-7-21(17-8-11-22(31-3)23(14-17)32-4)30(16)13-12-29(2)18-9-10-20(25)19(15-18)24(26,27)28;1-2/h8-11,14-16,21H,5-7,12-13H2,1-4H3;1-2H3. The maximum Gasteiger partial charge on any atom is 0.417 e. The molecular weight excluding hydrogens is 465 g/mol. The van der Waals surface area contributed by atoms with Gasteiger partial charge in [-0.2, -0.15) is 13.2 Å². The topological polar surface area (TPSA) is 24.9 Å². The predicted octanol–water partition coefficient (Wildman–Crippen LogP) is 7.45. The summed E-state index contributed by atoms with van der Waals surface area (Å²) < 4.78 is 50.6. The molecule has 8 heteroatoms. The number of piperidine rings is 1. The number of alkyl halides is 3. The van der Waals surface area contributed by atoms with Crippen molar-refractivity contribution in [3.63, 3.8) is 0 Å². The Hall–Kier alpha value is -2.12. The molecule has 190 valence electrons. The average molecular weight is 501 g/mol. The first-order valence-electron chi connectivity index (χ1n) is 11.7. The van der Waals surface area contributed by atoms with E-state index in [0.717, 1.165) is 37.4 Å². The molecule has 34 heavy (non-hydrogen) atoms. The molecule has 2 aromatic carbocycles. The van der Waals surface area contributed by atoms with Gasteiger partial charge in [0.15, 0.2) is 11.5 Å². The molecule has 0 aliphatic carbocycles. The second kappa shape index (κ2) is 12.5. The largest absolute Gasteiger partial charge is 0.493 e. The van der Waals surface area contributed by atoms with Crippen LogP contribution in [0.2, 0.25) is 5.02 Å². The summed E-state index contributed by atoms with van der Waals surface area (Å²) in [5.74, 6) is 1.38. The highest BCUT2D eigenvalue weighted by Crippen LogP contribution is 2.39. The molecule has 1 aliphatic rings. The van der Waals surface area contributed by atoms with E-state index in [9.17, 15) is 13.2 Å². The number of nitrogens with zero attached hydrogens (tertiary/aromatic N) is 2. The third-order valence-corrected chi connectivity index (χ3v) is 6.58. The van der Waals surface area contributed by atoms with Crippen LogP contribution in [0.5, 0.6) is 11.5 Å². The highest BCUT2D eigenvalue weighted by molar-refractivity contribution is 6.31. The Balaban J connectivity index is 0.00000199. The number of anilines is 1. The van der Waals surface area contributed by atoms with Crippen molar-refractivity contribution in [3.05, 3.63) is 52.5 Å². The van der Waals surface area contributed by atoms with Gasteiger partial charge in [-0.15, -0.1) is 0 Å². The predicted molar refractivity (Wildman–Crippen MR) is 133 cm³/mol. The van der Waals surface area contributed by atoms with Crippen LogP contribution in [0.3, 0.4) is 0 Å². The lowest BCUT2D eigenvalue weighted by atomic mass is 9.91. The molecule has 0 aromatic heterocycles. The molecule has 1 fully saturated rings. The molecule has 2 atom stereocenters. The number of ether oxygens (including phenoxy) is 2. The molecule has 0 N–H and O–H groups in total. The van der Waals surface area contributed by atoms with Gasteiger partial charge in [0.1, 0.15) is 0 Å². The van der Waals surface area contributed by atoms with Gasteiger partial charge in [-0.1, -0.05) is 37.9 Å². The summed E-state index contributed by atoms with van der Waals surface area (Å²) in [4.78, 5) is 4.28. The van der Waals surface area contributed by atoms with Crippen molar-refractivity contribution in [1.29, 1.82) is 0 Å². The molecular formula is C26H36ClF3N2O2. The van der Waals surface area contributed by atoms with Crippen molar-refractivity contribution in [1.82, 2.24) is 4.90 Å². The van der Waals surface area contributed by atoms with E-state index in [4.69, 9.17) is 21.1 Å². The van der Waals surface area contributed by atoms with E-state index in [1.807, 2.05) is 37.9 Å². The summed E-state index contributed by atoms with van der Waals surface area (Å²) in [6.07, 6.45) is -1.25. The lowest BCUT2D eigenvalue weighted by Gasteiger charge is -2.42. The Morgan fingerprint density at radius 3 is 2.32 bits per heavy atom. The lowest BCUT2D eigenvalue weighted by molar-refractivity contribution is -0.137. The molecule has 0 bridgehead atoms. The molecule has 4 nitrogen and oxygen atoms in total. The van der Waals surface area contributed by atoms with Crippen LogP contribution in [0, 0.1) is 0 Å². The number of hydrogen-bond acceptors (Lipinski definition) is 4. The monoisotopic (exact) mass is 500 g/mol. The Kier molecular flexibility index (Phi) is 10.4. The van der Waals surface area contributed by atoms with E-state index in [1.54, 1.807) is 20.3 Å². The van der Waals surface area contributed by atoms with Gasteiger partial charge < -0.3 is 14.4 Å². The summed E-state index contributed by atoms with van der Waals surface area (Å²) in [6, 6.07) is 10.6. The third-order valence-electron chi connectivity index (χ3n) is 6.25. The first-order chi connectivity index (χ1) is 16.2. The van der Waals surface area contributed by atoms with Gasteiger partial charge >= 0.3 is 6.18 Å². The number of hydrogen-bond donors (Lipinski definition) is 0. The normalized spacial score (nSPS) is 18.6. The number of halogens is 4. The fraction of sp³-hybridized carbons (Fsp3) is 0.538. The molecule has 0 radical (unpaired) electrons. The molecule has 1 heterocycles. The van der Waals surface area contributed by atoms with Crippen LogP contribution in [0.25, 0.3) is 0 Å². The average Bonchev–Trinajstić information content (AvgIpc) is 2.83. The van der Waals surface area contributed by atoms with E-state index in [0.29, 0.717) is 29.8 Å². The fourth-order valence-electron chi connectivity index (χ4n) is 4.40.